The highest BCUT2D eigenvalue weighted by Gasteiger charge is 2.09. The molecule has 2 rings (SSSR count). The molecule has 2 aromatic carbocycles. The number of aryl methyl sites for hydroxylation is 2. The summed E-state index contributed by atoms with van der Waals surface area (Å²) in [7, 11) is 2.70. The van der Waals surface area contributed by atoms with Crippen molar-refractivity contribution < 1.29 is 19.1 Å². The number of halogens is 2. The van der Waals surface area contributed by atoms with Crippen molar-refractivity contribution in [2.24, 2.45) is 0 Å². The molecule has 0 saturated heterocycles. The number of rotatable bonds is 2. The molecule has 0 atom stereocenters. The van der Waals surface area contributed by atoms with Crippen LogP contribution >= 0.6 is 23.2 Å². The van der Waals surface area contributed by atoms with Crippen LogP contribution in [-0.4, -0.2) is 26.2 Å². The van der Waals surface area contributed by atoms with Gasteiger partial charge < -0.3 is 9.47 Å². The van der Waals surface area contributed by atoms with E-state index in [1.54, 1.807) is 36.4 Å². The Balaban J connectivity index is 0.000000240. The SMILES string of the molecule is COC(=O)c1cc(Cl)ccc1C.COC(=O)c1cc(Cl)ccc1C. The number of esters is 2. The average Bonchev–Trinajstić information content (AvgIpc) is 2.58. The molecule has 0 aromatic heterocycles. The molecule has 0 N–H and O–H groups in total. The third kappa shape index (κ3) is 5.55. The van der Waals surface area contributed by atoms with Gasteiger partial charge in [-0.3, -0.25) is 0 Å². The summed E-state index contributed by atoms with van der Waals surface area (Å²) in [6.07, 6.45) is 0. The third-order valence-electron chi connectivity index (χ3n) is 3.21. The van der Waals surface area contributed by atoms with Gasteiger partial charge in [0.25, 0.3) is 0 Å². The zero-order valence-corrected chi connectivity index (χ0v) is 15.4. The molecule has 0 bridgehead atoms. The topological polar surface area (TPSA) is 52.6 Å². The van der Waals surface area contributed by atoms with Gasteiger partial charge in [-0.2, -0.15) is 0 Å². The molecule has 0 aliphatic heterocycles. The van der Waals surface area contributed by atoms with Crippen molar-refractivity contribution in [3.8, 4) is 0 Å². The molecule has 0 radical (unpaired) electrons. The molecule has 0 amide bonds. The Morgan fingerprint density at radius 2 is 1.08 bits per heavy atom. The summed E-state index contributed by atoms with van der Waals surface area (Å²) in [6, 6.07) is 10.3. The lowest BCUT2D eigenvalue weighted by Gasteiger charge is -2.02. The van der Waals surface area contributed by atoms with Crippen LogP contribution in [0.2, 0.25) is 10.0 Å². The molecule has 2 aromatic rings. The number of hydrogen-bond acceptors (Lipinski definition) is 4. The molecule has 6 heteroatoms. The largest absolute Gasteiger partial charge is 0.465 e. The summed E-state index contributed by atoms with van der Waals surface area (Å²) in [5.41, 5.74) is 2.77. The van der Waals surface area contributed by atoms with Crippen LogP contribution in [0.25, 0.3) is 0 Å². The molecular weight excluding hydrogens is 351 g/mol. The first kappa shape index (κ1) is 20.0. The minimum absolute atomic E-state index is 0.352. The smallest absolute Gasteiger partial charge is 0.338 e. The van der Waals surface area contributed by atoms with E-state index in [9.17, 15) is 9.59 Å². The summed E-state index contributed by atoms with van der Waals surface area (Å²) in [6.45, 7) is 3.67. The van der Waals surface area contributed by atoms with Gasteiger partial charge in [0.2, 0.25) is 0 Å². The van der Waals surface area contributed by atoms with Crippen LogP contribution in [0, 0.1) is 13.8 Å². The number of carbonyl (C=O) groups excluding carboxylic acids is 2. The molecule has 0 aliphatic carbocycles. The van der Waals surface area contributed by atoms with Gasteiger partial charge in [0.1, 0.15) is 0 Å². The van der Waals surface area contributed by atoms with Gasteiger partial charge >= 0.3 is 11.9 Å². The minimum Gasteiger partial charge on any atom is -0.465 e. The van der Waals surface area contributed by atoms with Crippen molar-refractivity contribution >= 4 is 35.1 Å². The van der Waals surface area contributed by atoms with Crippen LogP contribution in [0.5, 0.6) is 0 Å². The van der Waals surface area contributed by atoms with E-state index in [4.69, 9.17) is 23.2 Å². The van der Waals surface area contributed by atoms with E-state index >= 15 is 0 Å². The number of ether oxygens (including phenoxy) is 2. The Morgan fingerprint density at radius 1 is 0.750 bits per heavy atom. The van der Waals surface area contributed by atoms with Gasteiger partial charge in [-0.25, -0.2) is 9.59 Å². The number of methoxy groups -OCH3 is 2. The molecule has 0 fully saturated rings. The molecule has 4 nitrogen and oxygen atoms in total. The second-order valence-corrected chi connectivity index (χ2v) is 5.77. The lowest BCUT2D eigenvalue weighted by molar-refractivity contribution is 0.0591. The molecular formula is C18H18Cl2O4. The van der Waals surface area contributed by atoms with E-state index in [-0.39, 0.29) is 11.9 Å². The van der Waals surface area contributed by atoms with E-state index in [0.29, 0.717) is 21.2 Å². The minimum atomic E-state index is -0.352. The monoisotopic (exact) mass is 368 g/mol. The van der Waals surface area contributed by atoms with Crippen molar-refractivity contribution in [2.45, 2.75) is 13.8 Å². The molecule has 0 heterocycles. The summed E-state index contributed by atoms with van der Waals surface area (Å²) < 4.78 is 9.15. The van der Waals surface area contributed by atoms with Crippen LogP contribution in [-0.2, 0) is 9.47 Å². The van der Waals surface area contributed by atoms with Gasteiger partial charge in [-0.1, -0.05) is 35.3 Å². The Morgan fingerprint density at radius 3 is 1.38 bits per heavy atom. The van der Waals surface area contributed by atoms with Gasteiger partial charge in [-0.15, -0.1) is 0 Å². The second-order valence-electron chi connectivity index (χ2n) is 4.90. The zero-order valence-electron chi connectivity index (χ0n) is 13.9. The zero-order chi connectivity index (χ0) is 18.3. The van der Waals surface area contributed by atoms with Crippen molar-refractivity contribution in [3.63, 3.8) is 0 Å². The van der Waals surface area contributed by atoms with Crippen molar-refractivity contribution in [1.82, 2.24) is 0 Å². The van der Waals surface area contributed by atoms with Crippen molar-refractivity contribution in [1.29, 1.82) is 0 Å². The fourth-order valence-corrected chi connectivity index (χ4v) is 2.19. The fraction of sp³-hybridized carbons (Fsp3) is 0.222. The van der Waals surface area contributed by atoms with E-state index in [0.717, 1.165) is 11.1 Å². The molecule has 0 aliphatic rings. The summed E-state index contributed by atoms with van der Waals surface area (Å²) in [5, 5.41) is 1.09. The van der Waals surface area contributed by atoms with Crippen LogP contribution in [0.3, 0.4) is 0 Å². The summed E-state index contributed by atoms with van der Waals surface area (Å²) in [5.74, 6) is -0.704. The maximum atomic E-state index is 11.1. The van der Waals surface area contributed by atoms with Crippen LogP contribution in [0.4, 0.5) is 0 Å². The Kier molecular flexibility index (Phi) is 7.75. The third-order valence-corrected chi connectivity index (χ3v) is 3.68. The standard InChI is InChI=1S/2C9H9ClO2/c2*1-6-3-4-7(10)5-8(6)9(11)12-2/h2*3-5H,1-2H3. The fourth-order valence-electron chi connectivity index (χ4n) is 1.85. The highest BCUT2D eigenvalue weighted by atomic mass is 35.5. The van der Waals surface area contributed by atoms with Crippen molar-refractivity contribution in [3.05, 3.63) is 68.7 Å². The second kappa shape index (κ2) is 9.30. The maximum absolute atomic E-state index is 11.1. The Hall–Kier alpha value is -2.04. The van der Waals surface area contributed by atoms with E-state index in [2.05, 4.69) is 9.47 Å². The predicted octanol–water partition coefficient (Wildman–Crippen LogP) is 4.87. The van der Waals surface area contributed by atoms with Crippen LogP contribution < -0.4 is 0 Å². The maximum Gasteiger partial charge on any atom is 0.338 e. The van der Waals surface area contributed by atoms with E-state index in [1.165, 1.54) is 14.2 Å². The Labute approximate surface area is 151 Å². The lowest BCUT2D eigenvalue weighted by Crippen LogP contribution is -2.03. The summed E-state index contributed by atoms with van der Waals surface area (Å²) >= 11 is 11.4. The van der Waals surface area contributed by atoms with Crippen LogP contribution in [0.1, 0.15) is 31.8 Å². The molecule has 0 spiro atoms. The first-order chi connectivity index (χ1) is 11.3. The normalized spacial score (nSPS) is 9.58. The first-order valence-electron chi connectivity index (χ1n) is 6.99. The predicted molar refractivity (Wildman–Crippen MR) is 95.1 cm³/mol. The summed E-state index contributed by atoms with van der Waals surface area (Å²) in [4.78, 5) is 22.2. The molecule has 128 valence electrons. The van der Waals surface area contributed by atoms with Gasteiger partial charge in [0.15, 0.2) is 0 Å². The van der Waals surface area contributed by atoms with E-state index in [1.807, 2.05) is 13.8 Å². The number of benzene rings is 2. The Bertz CT molecular complexity index is 678. The van der Waals surface area contributed by atoms with Gasteiger partial charge in [-0.05, 0) is 49.2 Å². The number of carbonyl (C=O) groups is 2. The van der Waals surface area contributed by atoms with Gasteiger partial charge in [0, 0.05) is 10.0 Å². The first-order valence-corrected chi connectivity index (χ1v) is 7.74. The molecule has 24 heavy (non-hydrogen) atoms. The van der Waals surface area contributed by atoms with E-state index < -0.39 is 0 Å². The van der Waals surface area contributed by atoms with Crippen LogP contribution in [0.15, 0.2) is 36.4 Å². The van der Waals surface area contributed by atoms with Gasteiger partial charge in [0.05, 0.1) is 25.3 Å². The number of hydrogen-bond donors (Lipinski definition) is 0. The lowest BCUT2D eigenvalue weighted by atomic mass is 10.1. The highest BCUT2D eigenvalue weighted by Crippen LogP contribution is 2.16. The average molecular weight is 369 g/mol. The molecule has 0 saturated carbocycles. The highest BCUT2D eigenvalue weighted by molar-refractivity contribution is 6.31. The van der Waals surface area contributed by atoms with Crippen molar-refractivity contribution in [2.75, 3.05) is 14.2 Å². The quantitative estimate of drug-likeness (QED) is 0.709. The molecule has 0 unspecified atom stereocenters.